The minimum atomic E-state index is -0.502. The zero-order valence-corrected chi connectivity index (χ0v) is 18.5. The molecule has 8 heteroatoms. The lowest BCUT2D eigenvalue weighted by molar-refractivity contribution is -0.122. The molecule has 1 fully saturated rings. The van der Waals surface area contributed by atoms with Crippen molar-refractivity contribution in [1.82, 2.24) is 4.90 Å². The number of imide groups is 1. The van der Waals surface area contributed by atoms with Crippen molar-refractivity contribution >= 4 is 34.8 Å². The zero-order chi connectivity index (χ0) is 22.5. The van der Waals surface area contributed by atoms with Crippen LogP contribution in [0.4, 0.5) is 4.79 Å². The fourth-order valence-electron chi connectivity index (χ4n) is 2.92. The molecule has 0 radical (unpaired) electrons. The Balaban J connectivity index is 1.76. The Morgan fingerprint density at radius 3 is 2.35 bits per heavy atom. The summed E-state index contributed by atoms with van der Waals surface area (Å²) in [5.41, 5.74) is 1.08. The Morgan fingerprint density at radius 2 is 1.74 bits per heavy atom. The number of hydrogen-bond donors (Lipinski definition) is 0. The molecular weight excluding hydrogens is 418 g/mol. The Hall–Kier alpha value is -3.26. The van der Waals surface area contributed by atoms with E-state index in [0.29, 0.717) is 28.4 Å². The van der Waals surface area contributed by atoms with E-state index in [4.69, 9.17) is 14.2 Å². The maximum absolute atomic E-state index is 12.7. The van der Waals surface area contributed by atoms with Crippen LogP contribution < -0.4 is 14.2 Å². The molecule has 0 spiro atoms. The van der Waals surface area contributed by atoms with Crippen LogP contribution in [-0.2, 0) is 4.79 Å². The Labute approximate surface area is 185 Å². The van der Waals surface area contributed by atoms with Crippen LogP contribution >= 0.6 is 11.8 Å². The maximum Gasteiger partial charge on any atom is 0.293 e. The third-order valence-corrected chi connectivity index (χ3v) is 5.34. The predicted molar refractivity (Wildman–Crippen MR) is 119 cm³/mol. The van der Waals surface area contributed by atoms with Crippen LogP contribution in [0.2, 0.25) is 0 Å². The van der Waals surface area contributed by atoms with Crippen molar-refractivity contribution in [2.45, 2.75) is 20.0 Å². The molecule has 0 aliphatic carbocycles. The summed E-state index contributed by atoms with van der Waals surface area (Å²) in [5, 5.41) is -0.482. The number of Topliss-reactive ketones (excluding diaryl/α,β-unsaturated/α-hetero) is 1. The van der Waals surface area contributed by atoms with Crippen molar-refractivity contribution in [1.29, 1.82) is 0 Å². The van der Waals surface area contributed by atoms with E-state index >= 15 is 0 Å². The van der Waals surface area contributed by atoms with E-state index in [-0.39, 0.29) is 23.3 Å². The lowest BCUT2D eigenvalue weighted by Gasteiger charge is -2.14. The second kappa shape index (κ2) is 9.70. The highest BCUT2D eigenvalue weighted by Crippen LogP contribution is 2.35. The lowest BCUT2D eigenvalue weighted by Crippen LogP contribution is -2.33. The SMILES string of the molecule is COc1ccc(C(=O)CN2C(=O)SC(=Cc3ccc(OC(C)C)c(OC)c3)C2=O)cc1. The summed E-state index contributed by atoms with van der Waals surface area (Å²) in [6.45, 7) is 3.51. The molecule has 0 unspecified atom stereocenters. The first-order chi connectivity index (χ1) is 14.8. The molecule has 1 aliphatic heterocycles. The van der Waals surface area contributed by atoms with Gasteiger partial charge < -0.3 is 14.2 Å². The van der Waals surface area contributed by atoms with Crippen LogP contribution in [0.3, 0.4) is 0 Å². The molecule has 2 amide bonds. The van der Waals surface area contributed by atoms with Gasteiger partial charge in [0, 0.05) is 5.56 Å². The molecule has 0 N–H and O–H groups in total. The molecule has 31 heavy (non-hydrogen) atoms. The molecular formula is C23H23NO6S. The Bertz CT molecular complexity index is 1030. The predicted octanol–water partition coefficient (Wildman–Crippen LogP) is 4.41. The number of amides is 2. The van der Waals surface area contributed by atoms with Gasteiger partial charge in [-0.1, -0.05) is 6.07 Å². The molecule has 1 heterocycles. The highest BCUT2D eigenvalue weighted by Gasteiger charge is 2.36. The third-order valence-electron chi connectivity index (χ3n) is 4.44. The van der Waals surface area contributed by atoms with Gasteiger partial charge in [0.05, 0.1) is 31.8 Å². The summed E-state index contributed by atoms with van der Waals surface area (Å²) >= 11 is 0.802. The first-order valence-corrected chi connectivity index (χ1v) is 10.4. The minimum Gasteiger partial charge on any atom is -0.497 e. The first-order valence-electron chi connectivity index (χ1n) is 9.59. The maximum atomic E-state index is 12.7. The number of benzene rings is 2. The van der Waals surface area contributed by atoms with Gasteiger partial charge in [0.2, 0.25) is 0 Å². The highest BCUT2D eigenvalue weighted by atomic mass is 32.2. The Kier molecular flexibility index (Phi) is 7.02. The Morgan fingerprint density at radius 1 is 1.03 bits per heavy atom. The van der Waals surface area contributed by atoms with E-state index in [1.54, 1.807) is 48.5 Å². The molecule has 1 saturated heterocycles. The van der Waals surface area contributed by atoms with Crippen LogP contribution in [0.5, 0.6) is 17.2 Å². The molecule has 2 aromatic rings. The number of rotatable bonds is 8. The van der Waals surface area contributed by atoms with Crippen LogP contribution in [0.15, 0.2) is 47.4 Å². The van der Waals surface area contributed by atoms with Gasteiger partial charge in [-0.25, -0.2) is 0 Å². The fraction of sp³-hybridized carbons (Fsp3) is 0.261. The second-order valence-electron chi connectivity index (χ2n) is 7.00. The standard InChI is InChI=1S/C23H23NO6S/c1-14(2)30-19-10-5-15(11-20(19)29-4)12-21-22(26)24(23(27)31-21)13-18(25)16-6-8-17(28-3)9-7-16/h5-12,14H,13H2,1-4H3. The van der Waals surface area contributed by atoms with E-state index < -0.39 is 11.1 Å². The summed E-state index contributed by atoms with van der Waals surface area (Å²) in [4.78, 5) is 38.8. The molecule has 0 atom stereocenters. The van der Waals surface area contributed by atoms with Gasteiger partial charge in [-0.05, 0) is 73.6 Å². The van der Waals surface area contributed by atoms with Gasteiger partial charge in [-0.15, -0.1) is 0 Å². The smallest absolute Gasteiger partial charge is 0.293 e. The van der Waals surface area contributed by atoms with E-state index in [1.807, 2.05) is 13.8 Å². The van der Waals surface area contributed by atoms with E-state index in [1.165, 1.54) is 14.2 Å². The van der Waals surface area contributed by atoms with Gasteiger partial charge in [-0.2, -0.15) is 0 Å². The molecule has 0 bridgehead atoms. The largest absolute Gasteiger partial charge is 0.497 e. The molecule has 3 rings (SSSR count). The van der Waals surface area contributed by atoms with Crippen LogP contribution in [-0.4, -0.2) is 48.7 Å². The average Bonchev–Trinajstić information content (AvgIpc) is 3.01. The third kappa shape index (κ3) is 5.27. The van der Waals surface area contributed by atoms with E-state index in [2.05, 4.69) is 0 Å². The van der Waals surface area contributed by atoms with Crippen LogP contribution in [0.25, 0.3) is 6.08 Å². The molecule has 0 saturated carbocycles. The summed E-state index contributed by atoms with van der Waals surface area (Å²) in [7, 11) is 3.06. The molecule has 1 aliphatic rings. The molecule has 7 nitrogen and oxygen atoms in total. The number of methoxy groups -OCH3 is 2. The van der Waals surface area contributed by atoms with Crippen molar-refractivity contribution in [3.8, 4) is 17.2 Å². The summed E-state index contributed by atoms with van der Waals surface area (Å²) < 4.78 is 16.1. The van der Waals surface area contributed by atoms with Crippen molar-refractivity contribution in [3.63, 3.8) is 0 Å². The van der Waals surface area contributed by atoms with Gasteiger partial charge in [-0.3, -0.25) is 19.3 Å². The van der Waals surface area contributed by atoms with E-state index in [9.17, 15) is 14.4 Å². The second-order valence-corrected chi connectivity index (χ2v) is 7.99. The highest BCUT2D eigenvalue weighted by molar-refractivity contribution is 8.18. The van der Waals surface area contributed by atoms with Crippen LogP contribution in [0.1, 0.15) is 29.8 Å². The van der Waals surface area contributed by atoms with Crippen molar-refractivity contribution in [2.24, 2.45) is 0 Å². The zero-order valence-electron chi connectivity index (χ0n) is 17.7. The van der Waals surface area contributed by atoms with Gasteiger partial charge in [0.1, 0.15) is 5.75 Å². The summed E-state index contributed by atoms with van der Waals surface area (Å²) in [6.07, 6.45) is 1.59. The normalized spacial score (nSPS) is 15.0. The van der Waals surface area contributed by atoms with E-state index in [0.717, 1.165) is 16.7 Å². The lowest BCUT2D eigenvalue weighted by atomic mass is 10.1. The van der Waals surface area contributed by atoms with Crippen molar-refractivity contribution in [3.05, 3.63) is 58.5 Å². The van der Waals surface area contributed by atoms with Crippen molar-refractivity contribution < 1.29 is 28.6 Å². The first kappa shape index (κ1) is 22.4. The molecule has 162 valence electrons. The molecule has 0 aromatic heterocycles. The minimum absolute atomic E-state index is 0.0144. The number of ether oxygens (including phenoxy) is 3. The monoisotopic (exact) mass is 441 g/mol. The topological polar surface area (TPSA) is 82.1 Å². The number of hydrogen-bond acceptors (Lipinski definition) is 7. The number of carbonyl (C=O) groups excluding carboxylic acids is 3. The number of ketones is 1. The van der Waals surface area contributed by atoms with Gasteiger partial charge in [0.15, 0.2) is 17.3 Å². The number of nitrogens with zero attached hydrogens (tertiary/aromatic N) is 1. The number of carbonyl (C=O) groups is 3. The summed E-state index contributed by atoms with van der Waals surface area (Å²) in [5.74, 6) is 0.900. The summed E-state index contributed by atoms with van der Waals surface area (Å²) in [6, 6.07) is 11.8. The quantitative estimate of drug-likeness (QED) is 0.443. The average molecular weight is 442 g/mol. The number of thioether (sulfide) groups is 1. The fourth-order valence-corrected chi connectivity index (χ4v) is 3.76. The van der Waals surface area contributed by atoms with Crippen LogP contribution in [0, 0.1) is 0 Å². The molecule has 2 aromatic carbocycles. The van der Waals surface area contributed by atoms with Crippen molar-refractivity contribution in [2.75, 3.05) is 20.8 Å². The van der Waals surface area contributed by atoms with Gasteiger partial charge in [0.25, 0.3) is 11.1 Å². The van der Waals surface area contributed by atoms with Gasteiger partial charge >= 0.3 is 0 Å².